The van der Waals surface area contributed by atoms with Crippen LogP contribution in [0.15, 0.2) is 102 Å². The molecule has 2 aromatic carbocycles. The van der Waals surface area contributed by atoms with Crippen LogP contribution in [0.3, 0.4) is 0 Å². The number of hydrogen-bond donors (Lipinski definition) is 3. The summed E-state index contributed by atoms with van der Waals surface area (Å²) in [5.74, 6) is 4.21. The molecule has 12 nitrogen and oxygen atoms in total. The van der Waals surface area contributed by atoms with Gasteiger partial charge in [-0.05, 0) is 116 Å². The first-order chi connectivity index (χ1) is 30.6. The van der Waals surface area contributed by atoms with E-state index in [0.29, 0.717) is 35.8 Å². The number of ether oxygens (including phenoxy) is 3. The molecule has 0 bridgehead atoms. The molecule has 0 spiro atoms. The fourth-order valence-electron chi connectivity index (χ4n) is 9.80. The molecular weight excluding hydrogens is 793 g/mol. The van der Waals surface area contributed by atoms with Crippen molar-refractivity contribution in [2.75, 3.05) is 24.4 Å². The molecule has 11 rings (SSSR count). The van der Waals surface area contributed by atoms with E-state index in [1.165, 1.54) is 17.2 Å². The van der Waals surface area contributed by atoms with Crippen molar-refractivity contribution in [2.24, 2.45) is 11.8 Å². The molecule has 0 radical (unpaired) electrons. The molecule has 3 saturated carbocycles. The number of methoxy groups -OCH3 is 1. The molecule has 6 aromatic rings. The van der Waals surface area contributed by atoms with Crippen LogP contribution in [0.5, 0.6) is 17.4 Å². The van der Waals surface area contributed by atoms with Gasteiger partial charge >= 0.3 is 5.88 Å². The van der Waals surface area contributed by atoms with Crippen molar-refractivity contribution in [2.45, 2.75) is 82.3 Å². The monoisotopic (exact) mass is 841 g/mol. The lowest BCUT2D eigenvalue weighted by Gasteiger charge is -2.17. The van der Waals surface area contributed by atoms with E-state index in [2.05, 4.69) is 56.7 Å². The quantitative estimate of drug-likeness (QED) is 0.109. The summed E-state index contributed by atoms with van der Waals surface area (Å²) < 4.78 is 20.5. The summed E-state index contributed by atoms with van der Waals surface area (Å²) >= 11 is 0. The van der Waals surface area contributed by atoms with Gasteiger partial charge in [0.1, 0.15) is 29.2 Å². The highest BCUT2D eigenvalue weighted by atomic mass is 16.5. The van der Waals surface area contributed by atoms with Gasteiger partial charge in [0.05, 0.1) is 47.6 Å². The third-order valence-corrected chi connectivity index (χ3v) is 14.0. The van der Waals surface area contributed by atoms with Gasteiger partial charge in [0.25, 0.3) is 0 Å². The van der Waals surface area contributed by atoms with E-state index in [0.717, 1.165) is 108 Å². The second kappa shape index (κ2) is 14.9. The van der Waals surface area contributed by atoms with Crippen molar-refractivity contribution in [3.05, 3.63) is 141 Å². The maximum absolute atomic E-state index is 13.9. The number of amides is 2. The van der Waals surface area contributed by atoms with E-state index in [1.54, 1.807) is 19.4 Å². The van der Waals surface area contributed by atoms with Gasteiger partial charge in [-0.2, -0.15) is 4.57 Å². The number of aromatic amines is 1. The minimum Gasteiger partial charge on any atom is -0.493 e. The number of carbonyl (C=O) groups excluding carboxylic acids is 2. The summed E-state index contributed by atoms with van der Waals surface area (Å²) in [6, 6.07) is 27.4. The normalized spacial score (nSPS) is 20.4. The Balaban J connectivity index is 0.748. The second-order valence-electron chi connectivity index (χ2n) is 18.1. The van der Waals surface area contributed by atoms with E-state index < -0.39 is 10.8 Å². The predicted octanol–water partition coefficient (Wildman–Crippen LogP) is 7.33. The molecule has 2 unspecified atom stereocenters. The second-order valence-corrected chi connectivity index (χ2v) is 18.1. The van der Waals surface area contributed by atoms with Crippen molar-refractivity contribution >= 4 is 23.5 Å². The fourth-order valence-corrected chi connectivity index (χ4v) is 9.80. The van der Waals surface area contributed by atoms with Gasteiger partial charge in [-0.25, -0.2) is 9.97 Å². The summed E-state index contributed by atoms with van der Waals surface area (Å²) in [6.07, 6.45) is 9.69. The molecule has 4 aromatic heterocycles. The van der Waals surface area contributed by atoms with Crippen molar-refractivity contribution in [3.8, 4) is 39.9 Å². The predicted molar refractivity (Wildman–Crippen MR) is 237 cm³/mol. The zero-order valence-corrected chi connectivity index (χ0v) is 35.6. The Bertz CT molecular complexity index is 2900. The van der Waals surface area contributed by atoms with E-state index in [9.17, 15) is 14.4 Å². The molecule has 3 fully saturated rings. The van der Waals surface area contributed by atoms with E-state index in [4.69, 9.17) is 24.2 Å². The molecule has 63 heavy (non-hydrogen) atoms. The maximum atomic E-state index is 13.9. The first-order valence-electron chi connectivity index (χ1n) is 22.0. The summed E-state index contributed by atoms with van der Waals surface area (Å²) in [5, 5.41) is 6.23. The van der Waals surface area contributed by atoms with Crippen LogP contribution in [0.2, 0.25) is 0 Å². The Labute approximate surface area is 365 Å². The van der Waals surface area contributed by atoms with Gasteiger partial charge in [-0.15, -0.1) is 0 Å². The molecule has 2 amide bonds. The van der Waals surface area contributed by atoms with Crippen molar-refractivity contribution in [1.29, 1.82) is 0 Å². The van der Waals surface area contributed by atoms with Gasteiger partial charge in [0.2, 0.25) is 17.4 Å². The number of fused-ring (bicyclic) bond motifs is 2. The summed E-state index contributed by atoms with van der Waals surface area (Å²) in [6.45, 7) is 5.46. The SMILES string of the molecule is COc1ccc(-c2nc(NC(=O)C3(c4ccc5c(c4)OCC5)CC3)ccc2C)c[n+]1CC1C[C@@H]1C1Cc2ccc(C3(C(=O)Nc4ccc(C)c(-c5ccc(=O)[nH]c5)n4)CC3)cc2O1. The summed E-state index contributed by atoms with van der Waals surface area (Å²) in [4.78, 5) is 51.7. The van der Waals surface area contributed by atoms with Gasteiger partial charge in [-0.3, -0.25) is 14.4 Å². The topological polar surface area (TPSA) is 148 Å². The standard InChI is InChI=1S/C51H48N6O6/c1-29-4-12-42(53-46(29)33-8-14-44(58)52-26-33)55-49(60)51(19-20-51)37-11-7-32-23-41(63-40(32)25-37)38-22-35(38)28-57-27-34(9-15-45(57)61-3)47-30(2)5-13-43(54-47)56-48(59)50(17-18-50)36-10-6-31-16-21-62-39(31)24-36/h4-15,24-27,35,38,41H,16-23,28H2,1-3H3,(H2-,52,53,54,55,56,58,59,60)/p+1/t35?,38-,41?/m0/s1. The number of aromatic nitrogens is 4. The van der Waals surface area contributed by atoms with E-state index >= 15 is 0 Å². The molecule has 12 heteroatoms. The molecule has 3 aliphatic carbocycles. The van der Waals surface area contributed by atoms with Crippen LogP contribution in [0.4, 0.5) is 11.6 Å². The number of hydrogen-bond acceptors (Lipinski definition) is 8. The number of anilines is 2. The van der Waals surface area contributed by atoms with E-state index in [1.807, 2.05) is 56.3 Å². The largest absolute Gasteiger partial charge is 0.493 e. The van der Waals surface area contributed by atoms with Crippen molar-refractivity contribution in [1.82, 2.24) is 15.0 Å². The number of nitrogens with zero attached hydrogens (tertiary/aromatic N) is 3. The third-order valence-electron chi connectivity index (χ3n) is 14.0. The zero-order valence-electron chi connectivity index (χ0n) is 35.6. The number of carbonyl (C=O) groups is 2. The lowest BCUT2D eigenvalue weighted by molar-refractivity contribution is -0.704. The molecule has 5 aliphatic rings. The number of benzene rings is 2. The Kier molecular flexibility index (Phi) is 9.25. The number of rotatable bonds is 12. The Morgan fingerprint density at radius 2 is 1.43 bits per heavy atom. The van der Waals surface area contributed by atoms with Gasteiger partial charge in [-0.1, -0.05) is 36.4 Å². The maximum Gasteiger partial charge on any atom is 0.367 e. The molecule has 6 heterocycles. The third kappa shape index (κ3) is 7.11. The van der Waals surface area contributed by atoms with Crippen molar-refractivity contribution in [3.63, 3.8) is 0 Å². The highest BCUT2D eigenvalue weighted by molar-refractivity contribution is 6.02. The smallest absolute Gasteiger partial charge is 0.367 e. The highest BCUT2D eigenvalue weighted by Gasteiger charge is 2.54. The molecule has 0 saturated heterocycles. The first-order valence-corrected chi connectivity index (χ1v) is 22.0. The van der Waals surface area contributed by atoms with E-state index in [-0.39, 0.29) is 23.5 Å². The number of aryl methyl sites for hydroxylation is 2. The summed E-state index contributed by atoms with van der Waals surface area (Å²) in [5.41, 5.74) is 8.17. The van der Waals surface area contributed by atoms with Crippen LogP contribution < -0.4 is 35.0 Å². The van der Waals surface area contributed by atoms with Crippen LogP contribution >= 0.6 is 0 Å². The Morgan fingerprint density at radius 3 is 2.06 bits per heavy atom. The number of H-pyrrole nitrogens is 1. The Morgan fingerprint density at radius 1 is 0.794 bits per heavy atom. The molecular formula is C51H49N6O6+. The van der Waals surface area contributed by atoms with Crippen LogP contribution in [-0.2, 0) is 39.8 Å². The van der Waals surface area contributed by atoms with Crippen LogP contribution in [-0.4, -0.2) is 46.6 Å². The van der Waals surface area contributed by atoms with Crippen LogP contribution in [0.25, 0.3) is 22.5 Å². The zero-order chi connectivity index (χ0) is 43.0. The number of pyridine rings is 4. The lowest BCUT2D eigenvalue weighted by Crippen LogP contribution is -2.37. The number of nitrogens with one attached hydrogen (secondary N) is 3. The highest BCUT2D eigenvalue weighted by Crippen LogP contribution is 2.53. The first kappa shape index (κ1) is 39.1. The van der Waals surface area contributed by atoms with Crippen molar-refractivity contribution < 1.29 is 28.4 Å². The minimum absolute atomic E-state index is 0.0346. The molecule has 3 N–H and O–H groups in total. The average molecular weight is 842 g/mol. The summed E-state index contributed by atoms with van der Waals surface area (Å²) in [7, 11) is 1.70. The molecule has 318 valence electrons. The minimum atomic E-state index is -0.628. The van der Waals surface area contributed by atoms with Crippen LogP contribution in [0, 0.1) is 25.7 Å². The van der Waals surface area contributed by atoms with Gasteiger partial charge < -0.3 is 29.8 Å². The fraction of sp³-hybridized carbons (Fsp3) is 0.333. The molecule has 3 atom stereocenters. The average Bonchev–Trinajstić information content (AvgIpc) is 4.26. The lowest BCUT2D eigenvalue weighted by atomic mass is 9.93. The molecule has 2 aliphatic heterocycles. The Hall–Kier alpha value is -6.82. The van der Waals surface area contributed by atoms with Crippen LogP contribution in [0.1, 0.15) is 65.5 Å². The van der Waals surface area contributed by atoms with Gasteiger partial charge in [0, 0.05) is 42.5 Å². The van der Waals surface area contributed by atoms with Gasteiger partial charge in [0.15, 0.2) is 12.7 Å².